The lowest BCUT2D eigenvalue weighted by Gasteiger charge is -2.43. The molecule has 1 heterocycles. The van der Waals surface area contributed by atoms with E-state index >= 15 is 0 Å². The predicted octanol–water partition coefficient (Wildman–Crippen LogP) is 8.52. The van der Waals surface area contributed by atoms with Gasteiger partial charge >= 0.3 is 5.97 Å². The first-order valence-electron chi connectivity index (χ1n) is 13.3. The standard InChI is InChI=1S/C32H32F2N2O4S/c1-20(2)15-25-19-36(24-7-5-4-6-8-24)30-17-26(21-9-12-23(33)13-10-21)27(18-31(30)41(39,40)35(25)3)22-11-14-29(34)28(16-22)32(37)38/h4-14,16-18,20,25,39-40H,15,19H2,1-3H3,(H,37,38). The molecular formula is C32H32F2N2O4S. The summed E-state index contributed by atoms with van der Waals surface area (Å²) in [6.07, 6.45) is 0.710. The molecular weight excluding hydrogens is 546 g/mol. The Kier molecular flexibility index (Phi) is 7.89. The monoisotopic (exact) mass is 578 g/mol. The maximum atomic E-state index is 14.4. The van der Waals surface area contributed by atoms with Crippen LogP contribution < -0.4 is 4.90 Å². The quantitative estimate of drug-likeness (QED) is 0.213. The fraction of sp³-hybridized carbons (Fsp3) is 0.219. The van der Waals surface area contributed by atoms with Gasteiger partial charge in [0.15, 0.2) is 0 Å². The molecule has 0 radical (unpaired) electrons. The van der Waals surface area contributed by atoms with E-state index in [-0.39, 0.29) is 16.9 Å². The molecule has 0 saturated carbocycles. The molecule has 4 aromatic carbocycles. The van der Waals surface area contributed by atoms with E-state index in [4.69, 9.17) is 0 Å². The molecule has 0 bridgehead atoms. The molecule has 9 heteroatoms. The Morgan fingerprint density at radius 3 is 2.20 bits per heavy atom. The Bertz CT molecular complexity index is 1580. The zero-order valence-corrected chi connectivity index (χ0v) is 23.8. The fourth-order valence-electron chi connectivity index (χ4n) is 5.37. The second-order valence-electron chi connectivity index (χ2n) is 10.7. The van der Waals surface area contributed by atoms with Crippen LogP contribution in [0.15, 0.2) is 89.8 Å². The molecule has 3 N–H and O–H groups in total. The van der Waals surface area contributed by atoms with Gasteiger partial charge in [-0.25, -0.2) is 17.9 Å². The van der Waals surface area contributed by atoms with E-state index in [0.29, 0.717) is 40.9 Å². The maximum absolute atomic E-state index is 14.4. The molecule has 1 aliphatic heterocycles. The molecule has 5 rings (SSSR count). The molecule has 41 heavy (non-hydrogen) atoms. The van der Waals surface area contributed by atoms with Crippen LogP contribution in [0.2, 0.25) is 0 Å². The summed E-state index contributed by atoms with van der Waals surface area (Å²) in [5.41, 5.74) is 2.99. The summed E-state index contributed by atoms with van der Waals surface area (Å²) in [7, 11) is -1.82. The van der Waals surface area contributed by atoms with E-state index < -0.39 is 33.9 Å². The summed E-state index contributed by atoms with van der Waals surface area (Å²) in [6, 6.07) is 22.6. The Balaban J connectivity index is 1.84. The van der Waals surface area contributed by atoms with Crippen molar-refractivity contribution in [1.82, 2.24) is 4.31 Å². The number of anilines is 2. The molecule has 0 amide bonds. The summed E-state index contributed by atoms with van der Waals surface area (Å²) in [4.78, 5) is 14.1. The lowest BCUT2D eigenvalue weighted by molar-refractivity contribution is 0.0692. The summed E-state index contributed by atoms with van der Waals surface area (Å²) in [5.74, 6) is -2.43. The Morgan fingerprint density at radius 1 is 0.927 bits per heavy atom. The molecule has 4 aromatic rings. The number of likely N-dealkylation sites (N-methyl/N-ethyl adjacent to an activating group) is 1. The van der Waals surface area contributed by atoms with Crippen molar-refractivity contribution in [2.75, 3.05) is 18.5 Å². The highest BCUT2D eigenvalue weighted by molar-refractivity contribution is 8.22. The molecule has 1 unspecified atom stereocenters. The highest BCUT2D eigenvalue weighted by atomic mass is 32.3. The molecule has 214 valence electrons. The number of nitrogens with zero attached hydrogens (tertiary/aromatic N) is 2. The summed E-state index contributed by atoms with van der Waals surface area (Å²) in [6.45, 7) is 4.65. The first-order valence-corrected chi connectivity index (χ1v) is 14.8. The van der Waals surface area contributed by atoms with Gasteiger partial charge in [-0.15, -0.1) is 10.8 Å². The molecule has 0 spiro atoms. The first-order chi connectivity index (χ1) is 19.5. The number of hydrogen-bond acceptors (Lipinski definition) is 5. The third-order valence-corrected chi connectivity index (χ3v) is 9.49. The number of benzene rings is 4. The molecule has 0 aliphatic carbocycles. The summed E-state index contributed by atoms with van der Waals surface area (Å²) >= 11 is 0. The highest BCUT2D eigenvalue weighted by Gasteiger charge is 2.38. The van der Waals surface area contributed by atoms with Gasteiger partial charge in [-0.3, -0.25) is 9.11 Å². The van der Waals surface area contributed by atoms with Crippen LogP contribution in [-0.2, 0) is 0 Å². The number of carbonyl (C=O) groups is 1. The van der Waals surface area contributed by atoms with Crippen molar-refractivity contribution in [1.29, 1.82) is 0 Å². The number of aromatic carboxylic acids is 1. The smallest absolute Gasteiger partial charge is 0.338 e. The van der Waals surface area contributed by atoms with Gasteiger partial charge in [0.05, 0.1) is 16.1 Å². The first kappa shape index (κ1) is 28.8. The van der Waals surface area contributed by atoms with Gasteiger partial charge in [0.1, 0.15) is 11.6 Å². The summed E-state index contributed by atoms with van der Waals surface area (Å²) < 4.78 is 53.6. The predicted molar refractivity (Wildman–Crippen MR) is 160 cm³/mol. The number of carboxylic acids is 1. The minimum Gasteiger partial charge on any atom is -0.478 e. The van der Waals surface area contributed by atoms with Crippen molar-refractivity contribution in [2.45, 2.75) is 31.2 Å². The molecule has 0 saturated heterocycles. The van der Waals surface area contributed by atoms with E-state index in [1.165, 1.54) is 24.3 Å². The van der Waals surface area contributed by atoms with E-state index in [1.807, 2.05) is 36.4 Å². The van der Waals surface area contributed by atoms with Gasteiger partial charge in [0.2, 0.25) is 0 Å². The number of halogens is 2. The molecule has 0 fully saturated rings. The third kappa shape index (κ3) is 5.58. The van der Waals surface area contributed by atoms with Gasteiger partial charge in [-0.2, -0.15) is 0 Å². The third-order valence-electron chi connectivity index (χ3n) is 7.47. The molecule has 1 aliphatic rings. The van der Waals surface area contributed by atoms with Crippen LogP contribution in [0.4, 0.5) is 20.2 Å². The number of rotatable bonds is 6. The van der Waals surface area contributed by atoms with Crippen LogP contribution in [0.5, 0.6) is 0 Å². The van der Waals surface area contributed by atoms with Crippen molar-refractivity contribution < 1.29 is 27.8 Å². The minimum atomic E-state index is -3.52. The van der Waals surface area contributed by atoms with Crippen molar-refractivity contribution in [3.63, 3.8) is 0 Å². The minimum absolute atomic E-state index is 0.213. The van der Waals surface area contributed by atoms with Crippen molar-refractivity contribution in [3.8, 4) is 22.3 Å². The van der Waals surface area contributed by atoms with Crippen LogP contribution in [0.1, 0.15) is 30.6 Å². The van der Waals surface area contributed by atoms with Gasteiger partial charge in [0.25, 0.3) is 0 Å². The van der Waals surface area contributed by atoms with Gasteiger partial charge in [-0.1, -0.05) is 50.2 Å². The number of para-hydroxylation sites is 1. The highest BCUT2D eigenvalue weighted by Crippen LogP contribution is 2.60. The zero-order chi connectivity index (χ0) is 29.5. The van der Waals surface area contributed by atoms with Gasteiger partial charge in [0, 0.05) is 25.3 Å². The second-order valence-corrected chi connectivity index (χ2v) is 12.7. The molecule has 1 atom stereocenters. The van der Waals surface area contributed by atoms with E-state index in [0.717, 1.165) is 11.8 Å². The Morgan fingerprint density at radius 2 is 1.56 bits per heavy atom. The normalized spacial score (nSPS) is 17.7. The fourth-order valence-corrected chi connectivity index (χ4v) is 6.97. The Hall–Kier alpha value is -3.76. The van der Waals surface area contributed by atoms with Crippen LogP contribution >= 0.6 is 10.8 Å². The van der Waals surface area contributed by atoms with Crippen LogP contribution in [-0.4, -0.2) is 44.1 Å². The average Bonchev–Trinajstić information content (AvgIpc) is 3.02. The van der Waals surface area contributed by atoms with Crippen LogP contribution in [0.25, 0.3) is 22.3 Å². The molecule has 6 nitrogen and oxygen atoms in total. The number of carboxylic acid groups (broad SMARTS) is 1. The summed E-state index contributed by atoms with van der Waals surface area (Å²) in [5, 5.41) is 9.59. The average molecular weight is 579 g/mol. The lowest BCUT2D eigenvalue weighted by Crippen LogP contribution is -2.40. The van der Waals surface area contributed by atoms with Crippen LogP contribution in [0.3, 0.4) is 0 Å². The second kappa shape index (κ2) is 11.3. The zero-order valence-electron chi connectivity index (χ0n) is 23.0. The number of hydrogen-bond donors (Lipinski definition) is 3. The van der Waals surface area contributed by atoms with Crippen molar-refractivity contribution in [3.05, 3.63) is 102 Å². The van der Waals surface area contributed by atoms with E-state index in [1.54, 1.807) is 29.6 Å². The topological polar surface area (TPSA) is 84.2 Å². The van der Waals surface area contributed by atoms with Gasteiger partial charge in [-0.05, 0) is 83.1 Å². The van der Waals surface area contributed by atoms with Crippen molar-refractivity contribution in [2.24, 2.45) is 5.92 Å². The van der Waals surface area contributed by atoms with E-state index in [2.05, 4.69) is 18.7 Å². The lowest BCUT2D eigenvalue weighted by atomic mass is 9.92. The van der Waals surface area contributed by atoms with Crippen molar-refractivity contribution >= 4 is 28.1 Å². The van der Waals surface area contributed by atoms with E-state index in [9.17, 15) is 27.8 Å². The maximum Gasteiger partial charge on any atom is 0.338 e. The largest absolute Gasteiger partial charge is 0.478 e. The SMILES string of the molecule is CC(C)CC1CN(c2ccccc2)c2cc(-c3ccc(F)cc3)c(-c3ccc(F)c(C(=O)O)c3)cc2S(O)(O)N1C. The molecule has 0 aromatic heterocycles. The Labute approximate surface area is 240 Å². The van der Waals surface area contributed by atoms with Gasteiger partial charge < -0.3 is 10.0 Å². The van der Waals surface area contributed by atoms with Crippen LogP contribution in [0, 0.1) is 17.6 Å². The number of fused-ring (bicyclic) bond motifs is 1.